The summed E-state index contributed by atoms with van der Waals surface area (Å²) in [6.07, 6.45) is 4.46. The molecular weight excluding hydrogens is 450 g/mol. The predicted molar refractivity (Wildman–Crippen MR) is 144 cm³/mol. The Hall–Kier alpha value is -4.06. The van der Waals surface area contributed by atoms with E-state index in [1.54, 1.807) is 7.11 Å². The fraction of sp³-hybridized carbons (Fsp3) is 0.267. The predicted octanol–water partition coefficient (Wildman–Crippen LogP) is 5.99. The van der Waals surface area contributed by atoms with Crippen molar-refractivity contribution in [2.75, 3.05) is 25.2 Å². The molecule has 2 heterocycles. The average molecular weight is 482 g/mol. The van der Waals surface area contributed by atoms with Gasteiger partial charge in [0.1, 0.15) is 12.4 Å². The first kappa shape index (κ1) is 23.7. The van der Waals surface area contributed by atoms with E-state index in [1.165, 1.54) is 5.56 Å². The maximum Gasteiger partial charge on any atom is 0.227 e. The van der Waals surface area contributed by atoms with Gasteiger partial charge in [0.2, 0.25) is 5.91 Å². The number of methoxy groups -OCH3 is 1. The van der Waals surface area contributed by atoms with Gasteiger partial charge in [-0.05, 0) is 55.8 Å². The number of hydrogen-bond acceptors (Lipinski definition) is 4. The Kier molecular flexibility index (Phi) is 6.76. The van der Waals surface area contributed by atoms with Crippen LogP contribution in [0.2, 0.25) is 0 Å². The molecule has 1 aliphatic rings. The second kappa shape index (κ2) is 10.3. The molecule has 4 aromatic rings. The number of imidazole rings is 1. The molecule has 0 bridgehead atoms. The summed E-state index contributed by atoms with van der Waals surface area (Å²) >= 11 is 0. The van der Waals surface area contributed by atoms with Crippen LogP contribution in [0.3, 0.4) is 0 Å². The molecule has 1 amide bonds. The second-order valence-corrected chi connectivity index (χ2v) is 9.11. The van der Waals surface area contributed by atoms with E-state index >= 15 is 0 Å². The van der Waals surface area contributed by atoms with Crippen molar-refractivity contribution in [3.05, 3.63) is 89.8 Å². The zero-order chi connectivity index (χ0) is 25.1. The van der Waals surface area contributed by atoms with Crippen LogP contribution < -0.4 is 14.4 Å². The Balaban J connectivity index is 1.38. The number of carbonyl (C=O) groups excluding carboxylic acids is 1. The molecule has 1 saturated heterocycles. The van der Waals surface area contributed by atoms with E-state index in [9.17, 15) is 4.79 Å². The van der Waals surface area contributed by atoms with Crippen molar-refractivity contribution >= 4 is 28.7 Å². The van der Waals surface area contributed by atoms with Crippen LogP contribution in [0.4, 0.5) is 5.69 Å². The molecule has 5 rings (SSSR count). The highest BCUT2D eigenvalue weighted by molar-refractivity contribution is 5.96. The third kappa shape index (κ3) is 4.71. The molecule has 6 nitrogen and oxygen atoms in total. The van der Waals surface area contributed by atoms with Crippen LogP contribution >= 0.6 is 0 Å². The molecule has 1 aromatic heterocycles. The van der Waals surface area contributed by atoms with Crippen molar-refractivity contribution in [3.63, 3.8) is 0 Å². The van der Waals surface area contributed by atoms with Crippen molar-refractivity contribution in [1.82, 2.24) is 9.55 Å². The minimum Gasteiger partial charge on any atom is -0.493 e. The minimum absolute atomic E-state index is 0.0147. The molecular formula is C30H31N3O3. The van der Waals surface area contributed by atoms with Gasteiger partial charge in [-0.15, -0.1) is 0 Å². The maximum absolute atomic E-state index is 13.0. The number of benzene rings is 3. The normalized spacial score (nSPS) is 15.8. The Morgan fingerprint density at radius 1 is 1.06 bits per heavy atom. The highest BCUT2D eigenvalue weighted by Gasteiger charge is 2.34. The molecule has 3 aromatic carbocycles. The maximum atomic E-state index is 13.0. The van der Waals surface area contributed by atoms with Crippen molar-refractivity contribution in [3.8, 4) is 11.5 Å². The first-order valence-electron chi connectivity index (χ1n) is 12.3. The number of nitrogens with zero attached hydrogens (tertiary/aromatic N) is 3. The van der Waals surface area contributed by atoms with Crippen LogP contribution in [0.5, 0.6) is 11.5 Å². The standard InChI is InChI=1S/C30H31N3O3/c1-4-7-22-12-15-27(28(18-22)35-3)36-17-16-32-26-9-6-5-8-25(26)31-30(32)23-19-29(34)33(20-23)24-13-10-21(2)11-14-24/h4-15,18,23H,16-17,19-20H2,1-3H3/b7-4+. The number of amides is 1. The number of hydrogen-bond donors (Lipinski definition) is 0. The lowest BCUT2D eigenvalue weighted by atomic mass is 10.1. The van der Waals surface area contributed by atoms with Crippen LogP contribution in [0, 0.1) is 6.92 Å². The molecule has 1 aliphatic heterocycles. The van der Waals surface area contributed by atoms with Gasteiger partial charge in [-0.1, -0.05) is 48.0 Å². The summed E-state index contributed by atoms with van der Waals surface area (Å²) < 4.78 is 13.9. The molecule has 1 fully saturated rings. The number of para-hydroxylation sites is 2. The average Bonchev–Trinajstić information content (AvgIpc) is 3.46. The number of allylic oxidation sites excluding steroid dienone is 1. The molecule has 0 radical (unpaired) electrons. The summed E-state index contributed by atoms with van der Waals surface area (Å²) in [4.78, 5) is 19.8. The molecule has 1 atom stereocenters. The smallest absolute Gasteiger partial charge is 0.227 e. The Morgan fingerprint density at radius 3 is 2.64 bits per heavy atom. The molecule has 6 heteroatoms. The SMILES string of the molecule is C/C=C/c1ccc(OCCn2c(C3CC(=O)N(c4ccc(C)cc4)C3)nc3ccccc32)c(OC)c1. The molecule has 1 unspecified atom stereocenters. The number of rotatable bonds is 8. The lowest BCUT2D eigenvalue weighted by Gasteiger charge is -2.18. The van der Waals surface area contributed by atoms with Gasteiger partial charge < -0.3 is 18.9 Å². The number of carbonyl (C=O) groups is 1. The molecule has 0 aliphatic carbocycles. The Labute approximate surface area is 211 Å². The first-order valence-corrected chi connectivity index (χ1v) is 12.3. The Morgan fingerprint density at radius 2 is 1.86 bits per heavy atom. The topological polar surface area (TPSA) is 56.6 Å². The second-order valence-electron chi connectivity index (χ2n) is 9.11. The third-order valence-electron chi connectivity index (χ3n) is 6.64. The minimum atomic E-state index is 0.0147. The van der Waals surface area contributed by atoms with Gasteiger partial charge in [-0.2, -0.15) is 0 Å². The van der Waals surface area contributed by atoms with Crippen LogP contribution in [0.15, 0.2) is 72.8 Å². The van der Waals surface area contributed by atoms with Crippen molar-refractivity contribution in [1.29, 1.82) is 0 Å². The van der Waals surface area contributed by atoms with E-state index in [-0.39, 0.29) is 11.8 Å². The molecule has 0 spiro atoms. The van der Waals surface area contributed by atoms with Crippen LogP contribution in [0.1, 0.15) is 36.2 Å². The van der Waals surface area contributed by atoms with Crippen LogP contribution in [0.25, 0.3) is 17.1 Å². The number of aromatic nitrogens is 2. The number of fused-ring (bicyclic) bond motifs is 1. The highest BCUT2D eigenvalue weighted by Crippen LogP contribution is 2.34. The molecule has 184 valence electrons. The van der Waals surface area contributed by atoms with E-state index in [0.29, 0.717) is 37.6 Å². The first-order chi connectivity index (χ1) is 17.6. The van der Waals surface area contributed by atoms with Gasteiger partial charge in [0.25, 0.3) is 0 Å². The van der Waals surface area contributed by atoms with E-state index in [0.717, 1.165) is 28.1 Å². The van der Waals surface area contributed by atoms with Gasteiger partial charge in [0.15, 0.2) is 11.5 Å². The summed E-state index contributed by atoms with van der Waals surface area (Å²) in [7, 11) is 1.65. The number of aryl methyl sites for hydroxylation is 1. The fourth-order valence-electron chi connectivity index (χ4n) is 4.84. The van der Waals surface area contributed by atoms with Gasteiger partial charge >= 0.3 is 0 Å². The van der Waals surface area contributed by atoms with E-state index < -0.39 is 0 Å². The van der Waals surface area contributed by atoms with Crippen molar-refractivity contribution in [2.24, 2.45) is 0 Å². The summed E-state index contributed by atoms with van der Waals surface area (Å²) in [6.45, 7) is 5.73. The van der Waals surface area contributed by atoms with Gasteiger partial charge in [0, 0.05) is 24.6 Å². The highest BCUT2D eigenvalue weighted by atomic mass is 16.5. The van der Waals surface area contributed by atoms with Gasteiger partial charge in [-0.3, -0.25) is 4.79 Å². The molecule has 0 saturated carbocycles. The molecule has 36 heavy (non-hydrogen) atoms. The summed E-state index contributed by atoms with van der Waals surface area (Å²) in [5.41, 5.74) is 5.16. The summed E-state index contributed by atoms with van der Waals surface area (Å²) in [5.74, 6) is 2.48. The summed E-state index contributed by atoms with van der Waals surface area (Å²) in [5, 5.41) is 0. The Bertz CT molecular complexity index is 1400. The monoisotopic (exact) mass is 481 g/mol. The number of ether oxygens (including phenoxy) is 2. The van der Waals surface area contributed by atoms with Crippen LogP contribution in [-0.2, 0) is 11.3 Å². The largest absolute Gasteiger partial charge is 0.493 e. The van der Waals surface area contributed by atoms with E-state index in [1.807, 2.05) is 84.6 Å². The van der Waals surface area contributed by atoms with Gasteiger partial charge in [-0.25, -0.2) is 4.98 Å². The van der Waals surface area contributed by atoms with Gasteiger partial charge in [0.05, 0.1) is 24.7 Å². The van der Waals surface area contributed by atoms with E-state index in [4.69, 9.17) is 14.5 Å². The molecule has 0 N–H and O–H groups in total. The van der Waals surface area contributed by atoms with Crippen molar-refractivity contribution in [2.45, 2.75) is 32.7 Å². The van der Waals surface area contributed by atoms with E-state index in [2.05, 4.69) is 17.6 Å². The van der Waals surface area contributed by atoms with Crippen LogP contribution in [-0.4, -0.2) is 35.7 Å². The number of anilines is 1. The van der Waals surface area contributed by atoms with Crippen molar-refractivity contribution < 1.29 is 14.3 Å². The third-order valence-corrected chi connectivity index (χ3v) is 6.64. The summed E-state index contributed by atoms with van der Waals surface area (Å²) in [6, 6.07) is 22.2. The zero-order valence-electron chi connectivity index (χ0n) is 21.0. The fourth-order valence-corrected chi connectivity index (χ4v) is 4.84. The zero-order valence-corrected chi connectivity index (χ0v) is 21.0. The lowest BCUT2D eigenvalue weighted by Crippen LogP contribution is -2.24. The quantitative estimate of drug-likeness (QED) is 0.310. The lowest BCUT2D eigenvalue weighted by molar-refractivity contribution is -0.117.